The van der Waals surface area contributed by atoms with E-state index in [1.807, 2.05) is 37.4 Å². The smallest absolute Gasteiger partial charge is 0.257 e. The van der Waals surface area contributed by atoms with Crippen LogP contribution in [0.15, 0.2) is 59.3 Å². The number of carbonyl (C=O) groups excluding carboxylic acids is 2. The molecular weight excluding hydrogens is 332 g/mol. The lowest BCUT2D eigenvalue weighted by molar-refractivity contribution is 0.102. The second kappa shape index (κ2) is 7.32. The number of para-hydroxylation sites is 1. The van der Waals surface area contributed by atoms with Gasteiger partial charge in [-0.05, 0) is 60.7 Å². The molecule has 126 valence electrons. The highest BCUT2D eigenvalue weighted by molar-refractivity contribution is 7.08. The van der Waals surface area contributed by atoms with Crippen molar-refractivity contribution in [2.24, 2.45) is 0 Å². The molecular formula is C20H18N2O2S. The van der Waals surface area contributed by atoms with Crippen molar-refractivity contribution < 1.29 is 9.59 Å². The van der Waals surface area contributed by atoms with Gasteiger partial charge in [0.15, 0.2) is 0 Å². The number of hydrogen-bond acceptors (Lipinski definition) is 3. The van der Waals surface area contributed by atoms with Gasteiger partial charge < -0.3 is 10.6 Å². The first kappa shape index (κ1) is 16.9. The van der Waals surface area contributed by atoms with Crippen LogP contribution in [0.3, 0.4) is 0 Å². The molecule has 1 heterocycles. The second-order valence-electron chi connectivity index (χ2n) is 5.84. The molecule has 0 aliphatic rings. The molecule has 0 spiro atoms. The van der Waals surface area contributed by atoms with Crippen molar-refractivity contribution >= 4 is 34.5 Å². The molecule has 0 atom stereocenters. The number of aryl methyl sites for hydroxylation is 2. The van der Waals surface area contributed by atoms with Crippen LogP contribution in [0.25, 0.3) is 0 Å². The van der Waals surface area contributed by atoms with E-state index in [1.165, 1.54) is 11.3 Å². The Balaban J connectivity index is 1.82. The fraction of sp³-hybridized carbons (Fsp3) is 0.100. The number of nitrogens with one attached hydrogen (secondary N) is 2. The standard InChI is InChI=1S/C20H18N2O2S/c1-13-9-14(2)11-16(10-13)21-20(24)17-5-3-4-6-18(17)22-19(23)15-7-8-25-12-15/h3-12H,1-2H3,(H,21,24)(H,22,23). The summed E-state index contributed by atoms with van der Waals surface area (Å²) in [5, 5.41) is 9.32. The number of thiophene rings is 1. The summed E-state index contributed by atoms with van der Waals surface area (Å²) in [7, 11) is 0. The van der Waals surface area contributed by atoms with E-state index in [0.717, 1.165) is 16.8 Å². The lowest BCUT2D eigenvalue weighted by Gasteiger charge is -2.12. The normalized spacial score (nSPS) is 10.3. The number of amides is 2. The first-order valence-corrected chi connectivity index (χ1v) is 8.79. The Morgan fingerprint density at radius 3 is 2.28 bits per heavy atom. The van der Waals surface area contributed by atoms with Gasteiger partial charge in [-0.3, -0.25) is 9.59 Å². The van der Waals surface area contributed by atoms with Gasteiger partial charge in [-0.2, -0.15) is 11.3 Å². The van der Waals surface area contributed by atoms with Gasteiger partial charge in [0, 0.05) is 11.1 Å². The minimum Gasteiger partial charge on any atom is -0.322 e. The predicted molar refractivity (Wildman–Crippen MR) is 103 cm³/mol. The van der Waals surface area contributed by atoms with E-state index in [1.54, 1.807) is 35.7 Å². The summed E-state index contributed by atoms with van der Waals surface area (Å²) < 4.78 is 0. The Bertz CT molecular complexity index is 897. The number of rotatable bonds is 4. The van der Waals surface area contributed by atoms with Crippen LogP contribution in [0.5, 0.6) is 0 Å². The molecule has 4 nitrogen and oxygen atoms in total. The summed E-state index contributed by atoms with van der Waals surface area (Å²) >= 11 is 1.45. The first-order chi connectivity index (χ1) is 12.0. The van der Waals surface area contributed by atoms with Crippen molar-refractivity contribution in [2.45, 2.75) is 13.8 Å². The largest absolute Gasteiger partial charge is 0.322 e. The Labute approximate surface area is 150 Å². The average molecular weight is 350 g/mol. The van der Waals surface area contributed by atoms with Crippen LogP contribution < -0.4 is 10.6 Å². The summed E-state index contributed by atoms with van der Waals surface area (Å²) in [6, 6.07) is 14.6. The summed E-state index contributed by atoms with van der Waals surface area (Å²) in [5.41, 5.74) is 4.38. The molecule has 1 aromatic heterocycles. The zero-order chi connectivity index (χ0) is 17.8. The third-order valence-electron chi connectivity index (χ3n) is 3.68. The molecule has 2 aromatic carbocycles. The molecule has 0 aliphatic heterocycles. The fourth-order valence-electron chi connectivity index (χ4n) is 2.62. The maximum absolute atomic E-state index is 12.7. The Kier molecular flexibility index (Phi) is 4.95. The molecule has 0 saturated heterocycles. The monoisotopic (exact) mass is 350 g/mol. The molecule has 0 saturated carbocycles. The van der Waals surface area contributed by atoms with Gasteiger partial charge in [-0.1, -0.05) is 18.2 Å². The van der Waals surface area contributed by atoms with Crippen LogP contribution in [0, 0.1) is 13.8 Å². The van der Waals surface area contributed by atoms with Gasteiger partial charge in [0.2, 0.25) is 0 Å². The van der Waals surface area contributed by atoms with Crippen molar-refractivity contribution in [2.75, 3.05) is 10.6 Å². The second-order valence-corrected chi connectivity index (χ2v) is 6.62. The van der Waals surface area contributed by atoms with Crippen molar-refractivity contribution in [3.05, 3.63) is 81.5 Å². The Morgan fingerprint density at radius 2 is 1.60 bits per heavy atom. The zero-order valence-corrected chi connectivity index (χ0v) is 14.8. The van der Waals surface area contributed by atoms with Gasteiger partial charge in [-0.25, -0.2) is 0 Å². The summed E-state index contributed by atoms with van der Waals surface area (Å²) in [5.74, 6) is -0.487. The first-order valence-electron chi connectivity index (χ1n) is 7.85. The minimum atomic E-state index is -0.258. The SMILES string of the molecule is Cc1cc(C)cc(NC(=O)c2ccccc2NC(=O)c2ccsc2)c1. The van der Waals surface area contributed by atoms with Gasteiger partial charge in [0.1, 0.15) is 0 Å². The molecule has 2 amide bonds. The van der Waals surface area contributed by atoms with Crippen LogP contribution in [0.2, 0.25) is 0 Å². The van der Waals surface area contributed by atoms with Gasteiger partial charge >= 0.3 is 0 Å². The highest BCUT2D eigenvalue weighted by Crippen LogP contribution is 2.20. The summed E-state index contributed by atoms with van der Waals surface area (Å²) in [6.45, 7) is 3.97. The molecule has 0 aliphatic carbocycles. The van der Waals surface area contributed by atoms with E-state index in [-0.39, 0.29) is 11.8 Å². The molecule has 5 heteroatoms. The maximum atomic E-state index is 12.7. The van der Waals surface area contributed by atoms with E-state index in [0.29, 0.717) is 16.8 Å². The van der Waals surface area contributed by atoms with E-state index in [4.69, 9.17) is 0 Å². The summed E-state index contributed by atoms with van der Waals surface area (Å²) in [6.07, 6.45) is 0. The van der Waals surface area contributed by atoms with Crippen LogP contribution in [-0.4, -0.2) is 11.8 Å². The van der Waals surface area contributed by atoms with Crippen LogP contribution in [0.1, 0.15) is 31.8 Å². The number of carbonyl (C=O) groups is 2. The highest BCUT2D eigenvalue weighted by atomic mass is 32.1. The average Bonchev–Trinajstić information content (AvgIpc) is 3.09. The van der Waals surface area contributed by atoms with Crippen LogP contribution in [0.4, 0.5) is 11.4 Å². The molecule has 3 aromatic rings. The van der Waals surface area contributed by atoms with E-state index < -0.39 is 0 Å². The molecule has 25 heavy (non-hydrogen) atoms. The van der Waals surface area contributed by atoms with Crippen molar-refractivity contribution in [1.29, 1.82) is 0 Å². The topological polar surface area (TPSA) is 58.2 Å². The predicted octanol–water partition coefficient (Wildman–Crippen LogP) is 4.87. The lowest BCUT2D eigenvalue weighted by atomic mass is 10.1. The highest BCUT2D eigenvalue weighted by Gasteiger charge is 2.14. The third kappa shape index (κ3) is 4.14. The molecule has 0 fully saturated rings. The van der Waals surface area contributed by atoms with Gasteiger partial charge in [-0.15, -0.1) is 0 Å². The molecule has 0 radical (unpaired) electrons. The third-order valence-corrected chi connectivity index (χ3v) is 4.37. The molecule has 3 rings (SSSR count). The van der Waals surface area contributed by atoms with E-state index in [2.05, 4.69) is 10.6 Å². The van der Waals surface area contributed by atoms with E-state index >= 15 is 0 Å². The number of anilines is 2. The molecule has 0 bridgehead atoms. The lowest BCUT2D eigenvalue weighted by Crippen LogP contribution is -2.18. The Hall–Kier alpha value is -2.92. The van der Waals surface area contributed by atoms with Crippen molar-refractivity contribution in [3.63, 3.8) is 0 Å². The van der Waals surface area contributed by atoms with Crippen LogP contribution in [-0.2, 0) is 0 Å². The van der Waals surface area contributed by atoms with Crippen molar-refractivity contribution in [1.82, 2.24) is 0 Å². The van der Waals surface area contributed by atoms with Crippen molar-refractivity contribution in [3.8, 4) is 0 Å². The van der Waals surface area contributed by atoms with Gasteiger partial charge in [0.25, 0.3) is 11.8 Å². The van der Waals surface area contributed by atoms with Gasteiger partial charge in [0.05, 0.1) is 16.8 Å². The minimum absolute atomic E-state index is 0.229. The van der Waals surface area contributed by atoms with E-state index in [9.17, 15) is 9.59 Å². The fourth-order valence-corrected chi connectivity index (χ4v) is 3.26. The quantitative estimate of drug-likeness (QED) is 0.705. The zero-order valence-electron chi connectivity index (χ0n) is 14.0. The Morgan fingerprint density at radius 1 is 0.880 bits per heavy atom. The molecule has 2 N–H and O–H groups in total. The number of benzene rings is 2. The maximum Gasteiger partial charge on any atom is 0.257 e. The van der Waals surface area contributed by atoms with Crippen LogP contribution >= 0.6 is 11.3 Å². The summed E-state index contributed by atoms with van der Waals surface area (Å²) in [4.78, 5) is 24.9. The number of hydrogen-bond donors (Lipinski definition) is 2. The molecule has 0 unspecified atom stereocenters.